The number of rotatable bonds is 4. The van der Waals surface area contributed by atoms with Crippen LogP contribution in [0.5, 0.6) is 0 Å². The molecule has 0 unspecified atom stereocenters. The number of carbonyl (C=O) groups is 1. The number of hydrogen-bond acceptors (Lipinski definition) is 5. The van der Waals surface area contributed by atoms with Crippen molar-refractivity contribution >= 4 is 17.4 Å². The number of nitrogens with one attached hydrogen (secondary N) is 1. The number of nitriles is 1. The van der Waals surface area contributed by atoms with Gasteiger partial charge in [-0.25, -0.2) is 9.97 Å². The average molecular weight is 369 g/mol. The fourth-order valence-corrected chi connectivity index (χ4v) is 2.87. The summed E-state index contributed by atoms with van der Waals surface area (Å²) in [5, 5.41) is 20.9. The molecular weight excluding hydrogens is 354 g/mol. The Kier molecular flexibility index (Phi) is 4.54. The van der Waals surface area contributed by atoms with Crippen LogP contribution in [0.1, 0.15) is 21.6 Å². The van der Waals surface area contributed by atoms with Crippen LogP contribution < -0.4 is 5.32 Å². The Morgan fingerprint density at radius 2 is 2.04 bits per heavy atom. The molecule has 3 aromatic heterocycles. The number of aliphatic hydroxyl groups is 1. The van der Waals surface area contributed by atoms with E-state index in [0.29, 0.717) is 17.0 Å². The highest BCUT2D eigenvalue weighted by molar-refractivity contribution is 6.02. The van der Waals surface area contributed by atoms with E-state index in [9.17, 15) is 9.90 Å². The van der Waals surface area contributed by atoms with Gasteiger partial charge in [-0.2, -0.15) is 5.26 Å². The lowest BCUT2D eigenvalue weighted by atomic mass is 10.1. The Balaban J connectivity index is 1.62. The van der Waals surface area contributed by atoms with Gasteiger partial charge in [0, 0.05) is 18.6 Å². The van der Waals surface area contributed by atoms with Crippen molar-refractivity contribution in [1.82, 2.24) is 14.4 Å². The predicted molar refractivity (Wildman–Crippen MR) is 103 cm³/mol. The molecule has 0 aliphatic carbocycles. The van der Waals surface area contributed by atoms with Gasteiger partial charge >= 0.3 is 0 Å². The molecule has 0 saturated carbocycles. The first-order chi connectivity index (χ1) is 13.7. The first-order valence-electron chi connectivity index (χ1n) is 8.53. The summed E-state index contributed by atoms with van der Waals surface area (Å²) in [6, 6.07) is 16.4. The SMILES string of the molecule is N#Cc1ccnc(NC(=O)c2cn3cc(-c4cccc(CO)c4)ccc3n2)c1. The lowest BCUT2D eigenvalue weighted by Gasteiger charge is -2.04. The molecule has 0 aliphatic rings. The number of amides is 1. The quantitative estimate of drug-likeness (QED) is 0.575. The Bertz CT molecular complexity index is 1220. The summed E-state index contributed by atoms with van der Waals surface area (Å²) in [5.74, 6) is -0.113. The second kappa shape index (κ2) is 7.31. The van der Waals surface area contributed by atoms with E-state index in [-0.39, 0.29) is 12.3 Å². The average Bonchev–Trinajstić information content (AvgIpc) is 3.17. The van der Waals surface area contributed by atoms with Crippen LogP contribution in [0.15, 0.2) is 67.1 Å². The van der Waals surface area contributed by atoms with E-state index in [0.717, 1.165) is 16.7 Å². The molecule has 4 rings (SSSR count). The molecule has 7 heteroatoms. The molecule has 136 valence electrons. The maximum absolute atomic E-state index is 12.5. The van der Waals surface area contributed by atoms with Crippen LogP contribution >= 0.6 is 0 Å². The highest BCUT2D eigenvalue weighted by Crippen LogP contribution is 2.22. The molecule has 0 atom stereocenters. The van der Waals surface area contributed by atoms with Gasteiger partial charge in [0.2, 0.25) is 0 Å². The highest BCUT2D eigenvalue weighted by Gasteiger charge is 2.12. The first kappa shape index (κ1) is 17.4. The summed E-state index contributed by atoms with van der Waals surface area (Å²) in [5.41, 5.74) is 4.02. The molecule has 28 heavy (non-hydrogen) atoms. The molecule has 0 bridgehead atoms. The number of hydrogen-bond donors (Lipinski definition) is 2. The maximum Gasteiger partial charge on any atom is 0.277 e. The number of pyridine rings is 2. The third-order valence-electron chi connectivity index (χ3n) is 4.26. The van der Waals surface area contributed by atoms with Gasteiger partial charge in [0.05, 0.1) is 18.2 Å². The highest BCUT2D eigenvalue weighted by atomic mass is 16.3. The normalized spacial score (nSPS) is 10.6. The van der Waals surface area contributed by atoms with E-state index in [2.05, 4.69) is 15.3 Å². The van der Waals surface area contributed by atoms with Gasteiger partial charge in [0.15, 0.2) is 0 Å². The lowest BCUT2D eigenvalue weighted by molar-refractivity contribution is 0.102. The zero-order valence-electron chi connectivity index (χ0n) is 14.7. The van der Waals surface area contributed by atoms with Crippen molar-refractivity contribution in [2.75, 3.05) is 5.32 Å². The van der Waals surface area contributed by atoms with Crippen molar-refractivity contribution in [3.05, 3.63) is 83.9 Å². The van der Waals surface area contributed by atoms with Gasteiger partial charge in [0.1, 0.15) is 17.2 Å². The summed E-state index contributed by atoms with van der Waals surface area (Å²) in [7, 11) is 0. The summed E-state index contributed by atoms with van der Waals surface area (Å²) in [4.78, 5) is 20.9. The molecule has 1 amide bonds. The van der Waals surface area contributed by atoms with Crippen LogP contribution in [0.2, 0.25) is 0 Å². The molecule has 0 radical (unpaired) electrons. The minimum atomic E-state index is -0.407. The number of imidazole rings is 1. The Hall–Kier alpha value is -4.02. The Labute approximate surface area is 160 Å². The van der Waals surface area contributed by atoms with Crippen LogP contribution in [-0.2, 0) is 6.61 Å². The minimum Gasteiger partial charge on any atom is -0.392 e. The van der Waals surface area contributed by atoms with Gasteiger partial charge in [0.25, 0.3) is 5.91 Å². The summed E-state index contributed by atoms with van der Waals surface area (Å²) in [6.07, 6.45) is 4.98. The smallest absolute Gasteiger partial charge is 0.277 e. The third-order valence-corrected chi connectivity index (χ3v) is 4.26. The van der Waals surface area contributed by atoms with Gasteiger partial charge < -0.3 is 14.8 Å². The fourth-order valence-electron chi connectivity index (χ4n) is 2.87. The predicted octanol–water partition coefficient (Wildman–Crippen LogP) is 3.01. The summed E-state index contributed by atoms with van der Waals surface area (Å²) in [6.45, 7) is -0.0213. The number of nitrogens with zero attached hydrogens (tertiary/aromatic N) is 4. The van der Waals surface area contributed by atoms with Gasteiger partial charge in [-0.15, -0.1) is 0 Å². The molecule has 2 N–H and O–H groups in total. The van der Waals surface area contributed by atoms with Gasteiger partial charge in [-0.3, -0.25) is 4.79 Å². The molecule has 3 heterocycles. The zero-order valence-corrected chi connectivity index (χ0v) is 14.7. The first-order valence-corrected chi connectivity index (χ1v) is 8.53. The number of benzene rings is 1. The number of carbonyl (C=O) groups excluding carboxylic acids is 1. The van der Waals surface area contributed by atoms with E-state index >= 15 is 0 Å². The van der Waals surface area contributed by atoms with Gasteiger partial charge in [-0.05, 0) is 47.0 Å². The Morgan fingerprint density at radius 3 is 2.86 bits per heavy atom. The van der Waals surface area contributed by atoms with E-state index in [1.807, 2.05) is 48.7 Å². The van der Waals surface area contributed by atoms with E-state index < -0.39 is 5.91 Å². The second-order valence-electron chi connectivity index (χ2n) is 6.16. The summed E-state index contributed by atoms with van der Waals surface area (Å²) >= 11 is 0. The maximum atomic E-state index is 12.5. The number of fused-ring (bicyclic) bond motifs is 1. The number of aromatic nitrogens is 3. The van der Waals surface area contributed by atoms with E-state index in [1.54, 1.807) is 16.7 Å². The van der Waals surface area contributed by atoms with Crippen molar-refractivity contribution in [3.8, 4) is 17.2 Å². The number of aliphatic hydroxyl groups excluding tert-OH is 1. The van der Waals surface area contributed by atoms with Crippen LogP contribution in [0.4, 0.5) is 5.82 Å². The third kappa shape index (κ3) is 3.45. The largest absolute Gasteiger partial charge is 0.392 e. The molecule has 1 aromatic carbocycles. The van der Waals surface area contributed by atoms with Gasteiger partial charge in [-0.1, -0.05) is 18.2 Å². The lowest BCUT2D eigenvalue weighted by Crippen LogP contribution is -2.13. The standard InChI is InChI=1S/C21H15N5O2/c22-10-14-6-7-23-19(9-14)25-21(28)18-12-26-11-17(4-5-20(26)24-18)16-3-1-2-15(8-16)13-27/h1-9,11-12,27H,13H2,(H,23,25,28). The van der Waals surface area contributed by atoms with E-state index in [4.69, 9.17) is 5.26 Å². The monoisotopic (exact) mass is 369 g/mol. The molecule has 0 spiro atoms. The van der Waals surface area contributed by atoms with Crippen LogP contribution in [-0.4, -0.2) is 25.4 Å². The van der Waals surface area contributed by atoms with Crippen molar-refractivity contribution in [1.29, 1.82) is 5.26 Å². The molecule has 7 nitrogen and oxygen atoms in total. The second-order valence-corrected chi connectivity index (χ2v) is 6.16. The molecule has 0 aliphatic heterocycles. The van der Waals surface area contributed by atoms with Crippen molar-refractivity contribution < 1.29 is 9.90 Å². The topological polar surface area (TPSA) is 103 Å². The van der Waals surface area contributed by atoms with Crippen molar-refractivity contribution in [2.45, 2.75) is 6.61 Å². The molecule has 0 saturated heterocycles. The van der Waals surface area contributed by atoms with E-state index in [1.165, 1.54) is 12.3 Å². The fraction of sp³-hybridized carbons (Fsp3) is 0.0476. The molecule has 0 fully saturated rings. The number of anilines is 1. The molecule has 4 aromatic rings. The van der Waals surface area contributed by atoms with Crippen LogP contribution in [0, 0.1) is 11.3 Å². The van der Waals surface area contributed by atoms with Crippen molar-refractivity contribution in [3.63, 3.8) is 0 Å². The Morgan fingerprint density at radius 1 is 1.14 bits per heavy atom. The zero-order chi connectivity index (χ0) is 19.5. The van der Waals surface area contributed by atoms with Crippen LogP contribution in [0.3, 0.4) is 0 Å². The minimum absolute atomic E-state index is 0.0213. The van der Waals surface area contributed by atoms with Crippen LogP contribution in [0.25, 0.3) is 16.8 Å². The molecular formula is C21H15N5O2. The van der Waals surface area contributed by atoms with Crippen molar-refractivity contribution in [2.24, 2.45) is 0 Å². The summed E-state index contributed by atoms with van der Waals surface area (Å²) < 4.78 is 1.77.